The lowest BCUT2D eigenvalue weighted by Gasteiger charge is -2.08. The second kappa shape index (κ2) is 9.65. The maximum atomic E-state index is 6.07. The van der Waals surface area contributed by atoms with Gasteiger partial charge in [-0.25, -0.2) is 0 Å². The van der Waals surface area contributed by atoms with E-state index >= 15 is 0 Å². The van der Waals surface area contributed by atoms with Crippen LogP contribution in [-0.4, -0.2) is 17.7 Å². The van der Waals surface area contributed by atoms with Crippen molar-refractivity contribution in [2.24, 2.45) is 0 Å². The van der Waals surface area contributed by atoms with Gasteiger partial charge in [-0.15, -0.1) is 0 Å². The van der Waals surface area contributed by atoms with Crippen LogP contribution < -0.4 is 9.31 Å². The van der Waals surface area contributed by atoms with Crippen molar-refractivity contribution in [1.29, 1.82) is 0 Å². The average Bonchev–Trinajstić information content (AvgIpc) is 3.59. The van der Waals surface area contributed by atoms with Gasteiger partial charge in [0, 0.05) is 43.6 Å². The number of H-pyrrole nitrogens is 2. The lowest BCUT2D eigenvalue weighted by molar-refractivity contribution is 0.460. The monoisotopic (exact) mass is 528 g/mol. The Bertz CT molecular complexity index is 2030. The summed E-state index contributed by atoms with van der Waals surface area (Å²) in [5.74, 6) is 1.54. The highest BCUT2D eigenvalue weighted by molar-refractivity contribution is 6.21. The quantitative estimate of drug-likeness (QED) is 0.212. The Labute approximate surface area is 237 Å². The van der Waals surface area contributed by atoms with Crippen LogP contribution in [0.15, 0.2) is 133 Å². The molecule has 2 aromatic heterocycles. The molecule has 0 atom stereocenters. The lowest BCUT2D eigenvalue weighted by atomic mass is 10.0. The van der Waals surface area contributed by atoms with E-state index in [0.29, 0.717) is 0 Å². The SMILES string of the molecule is B(Oc1ccc2[nH]c3ccc(-c4ccccc4)cc3c2c1)Oc1ccc2[nH]c3ccc(-c4ccccc4)cc3c2c1. The summed E-state index contributed by atoms with van der Waals surface area (Å²) in [5, 5.41) is 4.61. The average molecular weight is 528 g/mol. The van der Waals surface area contributed by atoms with Gasteiger partial charge in [-0.1, -0.05) is 72.8 Å². The second-order valence-electron chi connectivity index (χ2n) is 10.3. The summed E-state index contributed by atoms with van der Waals surface area (Å²) >= 11 is 0. The van der Waals surface area contributed by atoms with Crippen molar-refractivity contribution in [1.82, 2.24) is 9.97 Å². The van der Waals surface area contributed by atoms with Crippen molar-refractivity contribution in [2.45, 2.75) is 0 Å². The van der Waals surface area contributed by atoms with Crippen molar-refractivity contribution < 1.29 is 9.31 Å². The van der Waals surface area contributed by atoms with E-state index in [0.717, 1.165) is 44.3 Å². The van der Waals surface area contributed by atoms with Gasteiger partial charge in [0.15, 0.2) is 0 Å². The third kappa shape index (κ3) is 4.28. The molecule has 2 heterocycles. The van der Waals surface area contributed by atoms with E-state index in [4.69, 9.17) is 9.31 Å². The molecule has 0 unspecified atom stereocenters. The Balaban J connectivity index is 1.05. The van der Waals surface area contributed by atoms with Crippen molar-refractivity contribution >= 4 is 51.3 Å². The topological polar surface area (TPSA) is 50.0 Å². The predicted octanol–water partition coefficient (Wildman–Crippen LogP) is 9.01. The van der Waals surface area contributed by atoms with Gasteiger partial charge < -0.3 is 19.3 Å². The predicted molar refractivity (Wildman–Crippen MR) is 171 cm³/mol. The van der Waals surface area contributed by atoms with Crippen molar-refractivity contribution in [3.05, 3.63) is 133 Å². The summed E-state index contributed by atoms with van der Waals surface area (Å²) in [7, 11) is 0.117. The molecule has 6 aromatic carbocycles. The first-order valence-electron chi connectivity index (χ1n) is 13.8. The van der Waals surface area contributed by atoms with Crippen molar-refractivity contribution in [2.75, 3.05) is 0 Å². The number of nitrogens with one attached hydrogen (secondary N) is 2. The molecular weight excluding hydrogens is 503 g/mol. The van der Waals surface area contributed by atoms with E-state index in [9.17, 15) is 0 Å². The molecule has 8 aromatic rings. The largest absolute Gasteiger partial charge is 0.576 e. The molecule has 194 valence electrons. The minimum absolute atomic E-state index is 0.117. The minimum Gasteiger partial charge on any atom is -0.529 e. The molecule has 4 nitrogen and oxygen atoms in total. The van der Waals surface area contributed by atoms with Crippen molar-refractivity contribution in [3.8, 4) is 33.8 Å². The maximum Gasteiger partial charge on any atom is 0.576 e. The van der Waals surface area contributed by atoms with Crippen LogP contribution in [0.4, 0.5) is 0 Å². The van der Waals surface area contributed by atoms with E-state index in [-0.39, 0.29) is 7.69 Å². The molecule has 0 fully saturated rings. The van der Waals surface area contributed by atoms with Gasteiger partial charge in [0.25, 0.3) is 0 Å². The third-order valence-corrected chi connectivity index (χ3v) is 7.81. The smallest absolute Gasteiger partial charge is 0.529 e. The van der Waals surface area contributed by atoms with E-state index < -0.39 is 0 Å². The first-order valence-corrected chi connectivity index (χ1v) is 13.8. The number of rotatable bonds is 6. The first kappa shape index (κ1) is 23.5. The molecule has 0 saturated carbocycles. The molecule has 0 aliphatic carbocycles. The van der Waals surface area contributed by atoms with Crippen LogP contribution in [0.25, 0.3) is 65.9 Å². The zero-order chi connectivity index (χ0) is 27.2. The number of aromatic nitrogens is 2. The Hall–Kier alpha value is -5.42. The van der Waals surface area contributed by atoms with Crippen LogP contribution in [0.1, 0.15) is 0 Å². The molecule has 8 rings (SSSR count). The van der Waals surface area contributed by atoms with Crippen LogP contribution in [-0.2, 0) is 0 Å². The van der Waals surface area contributed by atoms with E-state index in [1.54, 1.807) is 0 Å². The lowest BCUT2D eigenvalue weighted by Crippen LogP contribution is -2.10. The van der Waals surface area contributed by atoms with E-state index in [1.807, 2.05) is 24.3 Å². The fourth-order valence-corrected chi connectivity index (χ4v) is 5.72. The number of aromatic amines is 2. The van der Waals surface area contributed by atoms with Crippen molar-refractivity contribution in [3.63, 3.8) is 0 Å². The highest BCUT2D eigenvalue weighted by Gasteiger charge is 2.11. The van der Waals surface area contributed by atoms with Gasteiger partial charge >= 0.3 is 7.69 Å². The molecule has 0 bridgehead atoms. The van der Waals surface area contributed by atoms with Gasteiger partial charge in [-0.05, 0) is 82.9 Å². The van der Waals surface area contributed by atoms with Gasteiger partial charge in [-0.3, -0.25) is 0 Å². The molecule has 2 N–H and O–H groups in total. The molecule has 0 aliphatic rings. The summed E-state index contributed by atoms with van der Waals surface area (Å²) in [6.45, 7) is 0. The molecule has 41 heavy (non-hydrogen) atoms. The zero-order valence-corrected chi connectivity index (χ0v) is 22.2. The number of hydrogen-bond donors (Lipinski definition) is 2. The van der Waals surface area contributed by atoms with Crippen LogP contribution in [0, 0.1) is 0 Å². The Morgan fingerprint density at radius 3 is 1.20 bits per heavy atom. The van der Waals surface area contributed by atoms with Crippen LogP contribution in [0.5, 0.6) is 11.5 Å². The summed E-state index contributed by atoms with van der Waals surface area (Å²) in [4.78, 5) is 7.04. The fraction of sp³-hybridized carbons (Fsp3) is 0. The number of benzene rings is 6. The molecule has 5 heteroatoms. The minimum atomic E-state index is 0.117. The van der Waals surface area contributed by atoms with Crippen LogP contribution in [0.2, 0.25) is 0 Å². The Morgan fingerprint density at radius 2 is 0.756 bits per heavy atom. The Kier molecular flexibility index (Phi) is 5.52. The van der Waals surface area contributed by atoms with E-state index in [1.165, 1.54) is 33.0 Å². The highest BCUT2D eigenvalue weighted by atomic mass is 16.6. The zero-order valence-electron chi connectivity index (χ0n) is 22.2. The van der Waals surface area contributed by atoms with Gasteiger partial charge in [0.1, 0.15) is 11.5 Å². The van der Waals surface area contributed by atoms with Crippen LogP contribution >= 0.6 is 0 Å². The summed E-state index contributed by atoms with van der Waals surface area (Å²) in [6.07, 6.45) is 0. The summed E-state index contributed by atoms with van der Waals surface area (Å²) in [5.41, 5.74) is 9.16. The second-order valence-corrected chi connectivity index (χ2v) is 10.3. The summed E-state index contributed by atoms with van der Waals surface area (Å²) < 4.78 is 12.1. The molecule has 0 amide bonds. The van der Waals surface area contributed by atoms with E-state index in [2.05, 4.69) is 119 Å². The van der Waals surface area contributed by atoms with Gasteiger partial charge in [0.2, 0.25) is 0 Å². The van der Waals surface area contributed by atoms with Gasteiger partial charge in [-0.2, -0.15) is 0 Å². The fourth-order valence-electron chi connectivity index (χ4n) is 5.72. The molecular formula is C36H25BN2O2. The molecule has 0 saturated heterocycles. The molecule has 0 aliphatic heterocycles. The van der Waals surface area contributed by atoms with Gasteiger partial charge in [0.05, 0.1) is 0 Å². The third-order valence-electron chi connectivity index (χ3n) is 7.81. The standard InChI is InChI=1S/C36H25BN2O2/c1-3-7-23(8-4-1)25-11-15-33-29(19-25)31-21-27(13-17-35(31)38-33)40-37-41-28-14-18-36-32(22-28)30-20-26(12-16-34(30)39-36)24-9-5-2-6-10-24/h1-22,37-39H. The number of hydrogen-bond acceptors (Lipinski definition) is 2. The normalized spacial score (nSPS) is 11.4. The summed E-state index contributed by atoms with van der Waals surface area (Å²) in [6, 6.07) is 46.2. The number of fused-ring (bicyclic) bond motifs is 6. The molecule has 0 radical (unpaired) electrons. The first-order chi connectivity index (χ1) is 20.3. The maximum absolute atomic E-state index is 6.07. The van der Waals surface area contributed by atoms with Crippen LogP contribution in [0.3, 0.4) is 0 Å². The highest BCUT2D eigenvalue weighted by Crippen LogP contribution is 2.34. The Morgan fingerprint density at radius 1 is 0.366 bits per heavy atom. The molecule has 0 spiro atoms.